The van der Waals surface area contributed by atoms with Crippen molar-refractivity contribution in [2.75, 3.05) is 5.33 Å². The van der Waals surface area contributed by atoms with E-state index in [-0.39, 0.29) is 12.1 Å². The molecule has 0 unspecified atom stereocenters. The predicted octanol–water partition coefficient (Wildman–Crippen LogP) is 9.47. The molecule has 0 atom stereocenters. The highest BCUT2D eigenvalue weighted by Crippen LogP contribution is 2.18. The van der Waals surface area contributed by atoms with Crippen molar-refractivity contribution in [2.24, 2.45) is 0 Å². The first kappa shape index (κ1) is 29.4. The molecule has 30 heavy (non-hydrogen) atoms. The fourth-order valence-corrected chi connectivity index (χ4v) is 4.09. The highest BCUT2D eigenvalue weighted by Gasteiger charge is 2.14. The number of esters is 1. The summed E-state index contributed by atoms with van der Waals surface area (Å²) in [5.74, 6) is -0.0103. The molecule has 0 saturated heterocycles. The number of hydrogen-bond donors (Lipinski definition) is 0. The Hall–Kier alpha value is -0.570. The molecule has 0 aromatic rings. The lowest BCUT2D eigenvalue weighted by Crippen LogP contribution is -2.18. The highest BCUT2D eigenvalue weighted by atomic mass is 79.9. The minimum Gasteiger partial charge on any atom is -0.462 e. The topological polar surface area (TPSA) is 26.3 Å². The number of unbranched alkanes of at least 4 members (excludes halogenated alkanes) is 14. The van der Waals surface area contributed by atoms with Gasteiger partial charge in [-0.3, -0.25) is 4.79 Å². The molecule has 0 aromatic carbocycles. The molecule has 0 aliphatic heterocycles. The second kappa shape index (κ2) is 24.7. The van der Waals surface area contributed by atoms with E-state index in [2.05, 4.69) is 29.1 Å². The fraction of sp³-hybridized carbons (Fsp3) is 0.815. The average Bonchev–Trinajstić information content (AvgIpc) is 2.75. The van der Waals surface area contributed by atoms with E-state index in [1.54, 1.807) is 0 Å². The van der Waals surface area contributed by atoms with E-state index in [9.17, 15) is 4.79 Å². The van der Waals surface area contributed by atoms with Crippen molar-refractivity contribution in [1.29, 1.82) is 0 Å². The van der Waals surface area contributed by atoms with Gasteiger partial charge in [0.25, 0.3) is 0 Å². The molecule has 2 nitrogen and oxygen atoms in total. The summed E-state index contributed by atoms with van der Waals surface area (Å²) in [6, 6.07) is 0. The van der Waals surface area contributed by atoms with Gasteiger partial charge in [0.15, 0.2) is 0 Å². The van der Waals surface area contributed by atoms with E-state index in [1.807, 2.05) is 12.2 Å². The molecule has 0 heterocycles. The van der Waals surface area contributed by atoms with Crippen LogP contribution in [0.2, 0.25) is 0 Å². The van der Waals surface area contributed by atoms with E-state index < -0.39 is 0 Å². The van der Waals surface area contributed by atoms with Gasteiger partial charge in [0.2, 0.25) is 0 Å². The van der Waals surface area contributed by atoms with E-state index in [4.69, 9.17) is 4.74 Å². The number of alkyl halides is 1. The summed E-state index contributed by atoms with van der Waals surface area (Å²) >= 11 is 3.40. The molecule has 0 saturated carbocycles. The van der Waals surface area contributed by atoms with Crippen LogP contribution in [0.1, 0.15) is 128 Å². The van der Waals surface area contributed by atoms with Gasteiger partial charge >= 0.3 is 5.97 Å². The zero-order valence-electron chi connectivity index (χ0n) is 19.7. The average molecular weight is 486 g/mol. The van der Waals surface area contributed by atoms with Crippen LogP contribution >= 0.6 is 15.9 Å². The first-order valence-corrected chi connectivity index (χ1v) is 13.8. The molecule has 0 aliphatic carbocycles. The molecule has 0 aromatic heterocycles. The van der Waals surface area contributed by atoms with Gasteiger partial charge in [0.1, 0.15) is 6.10 Å². The third-order valence-electron chi connectivity index (χ3n) is 5.68. The Kier molecular flexibility index (Phi) is 24.2. The van der Waals surface area contributed by atoms with Gasteiger partial charge in [0, 0.05) is 11.8 Å². The SMILES string of the molecule is C=CCCCCCCCCCC(CCCCCCCCCC=C)OC(=O)CCCBr. The second-order valence-corrected chi connectivity index (χ2v) is 9.38. The molecule has 0 fully saturated rings. The molecule has 0 aliphatic rings. The zero-order valence-corrected chi connectivity index (χ0v) is 21.3. The Morgan fingerprint density at radius 2 is 1.07 bits per heavy atom. The summed E-state index contributed by atoms with van der Waals surface area (Å²) in [7, 11) is 0. The largest absolute Gasteiger partial charge is 0.462 e. The van der Waals surface area contributed by atoms with E-state index in [0.29, 0.717) is 6.42 Å². The lowest BCUT2D eigenvalue weighted by Gasteiger charge is -2.18. The van der Waals surface area contributed by atoms with Crippen molar-refractivity contribution in [3.05, 3.63) is 25.3 Å². The van der Waals surface area contributed by atoms with Crippen molar-refractivity contribution in [2.45, 2.75) is 135 Å². The second-order valence-electron chi connectivity index (χ2n) is 8.59. The van der Waals surface area contributed by atoms with Crippen molar-refractivity contribution >= 4 is 21.9 Å². The maximum atomic E-state index is 12.1. The maximum absolute atomic E-state index is 12.1. The van der Waals surface area contributed by atoms with Crippen molar-refractivity contribution in [1.82, 2.24) is 0 Å². The van der Waals surface area contributed by atoms with Gasteiger partial charge in [-0.1, -0.05) is 92.3 Å². The van der Waals surface area contributed by atoms with E-state index in [1.165, 1.54) is 89.9 Å². The van der Waals surface area contributed by atoms with E-state index >= 15 is 0 Å². The number of rotatable bonds is 24. The summed E-state index contributed by atoms with van der Waals surface area (Å²) in [5, 5.41) is 0.867. The molecule has 0 radical (unpaired) electrons. The van der Waals surface area contributed by atoms with Crippen LogP contribution in [0.4, 0.5) is 0 Å². The van der Waals surface area contributed by atoms with Gasteiger partial charge in [-0.25, -0.2) is 0 Å². The molecular formula is C27H49BrO2. The van der Waals surface area contributed by atoms with Crippen molar-refractivity contribution in [3.8, 4) is 0 Å². The van der Waals surface area contributed by atoms with Gasteiger partial charge < -0.3 is 4.74 Å². The Bertz CT molecular complexity index is 368. The van der Waals surface area contributed by atoms with Crippen LogP contribution in [-0.4, -0.2) is 17.4 Å². The first-order chi connectivity index (χ1) is 14.7. The van der Waals surface area contributed by atoms with E-state index in [0.717, 1.165) is 37.4 Å². The number of allylic oxidation sites excluding steroid dienone is 2. The Balaban J connectivity index is 3.89. The molecule has 0 spiro atoms. The van der Waals surface area contributed by atoms with Crippen LogP contribution < -0.4 is 0 Å². The third kappa shape index (κ3) is 22.1. The quantitative estimate of drug-likeness (QED) is 0.0589. The fourth-order valence-electron chi connectivity index (χ4n) is 3.81. The summed E-state index contributed by atoms with van der Waals surface area (Å²) in [6.45, 7) is 7.56. The van der Waals surface area contributed by atoms with Gasteiger partial charge in [0.05, 0.1) is 0 Å². The smallest absolute Gasteiger partial charge is 0.306 e. The molecule has 0 amide bonds. The maximum Gasteiger partial charge on any atom is 0.306 e. The Labute approximate surface area is 196 Å². The van der Waals surface area contributed by atoms with Crippen LogP contribution in [0, 0.1) is 0 Å². The zero-order chi connectivity index (χ0) is 22.1. The molecule has 0 N–H and O–H groups in total. The Morgan fingerprint density at radius 3 is 1.47 bits per heavy atom. The van der Waals surface area contributed by atoms with Crippen molar-refractivity contribution < 1.29 is 9.53 Å². The highest BCUT2D eigenvalue weighted by molar-refractivity contribution is 9.09. The number of hydrogen-bond acceptors (Lipinski definition) is 2. The summed E-state index contributed by atoms with van der Waals surface area (Å²) in [4.78, 5) is 12.1. The lowest BCUT2D eigenvalue weighted by atomic mass is 10.0. The summed E-state index contributed by atoms with van der Waals surface area (Å²) < 4.78 is 5.82. The van der Waals surface area contributed by atoms with Gasteiger partial charge in [-0.05, 0) is 57.8 Å². The number of halogens is 1. The first-order valence-electron chi connectivity index (χ1n) is 12.7. The standard InChI is InChI=1S/C27H49BrO2/c1-3-5-7-9-11-13-15-17-19-22-26(30-27(29)24-21-25-28)23-20-18-16-14-12-10-8-6-4-2/h3-4,26H,1-2,5-25H2. The normalized spacial score (nSPS) is 11.0. The number of carbonyl (C=O) groups excluding carboxylic acids is 1. The van der Waals surface area contributed by atoms with Crippen LogP contribution in [0.25, 0.3) is 0 Å². The van der Waals surface area contributed by atoms with Crippen molar-refractivity contribution in [3.63, 3.8) is 0 Å². The molecule has 3 heteroatoms. The molecular weight excluding hydrogens is 436 g/mol. The van der Waals surface area contributed by atoms with Gasteiger partial charge in [-0.15, -0.1) is 13.2 Å². The molecule has 0 rings (SSSR count). The lowest BCUT2D eigenvalue weighted by molar-refractivity contribution is -0.149. The minimum atomic E-state index is -0.0103. The van der Waals surface area contributed by atoms with Crippen LogP contribution in [0.3, 0.4) is 0 Å². The van der Waals surface area contributed by atoms with Crippen LogP contribution in [-0.2, 0) is 9.53 Å². The van der Waals surface area contributed by atoms with Crippen LogP contribution in [0.15, 0.2) is 25.3 Å². The van der Waals surface area contributed by atoms with Gasteiger partial charge in [-0.2, -0.15) is 0 Å². The predicted molar refractivity (Wildman–Crippen MR) is 136 cm³/mol. The third-order valence-corrected chi connectivity index (χ3v) is 6.24. The van der Waals surface area contributed by atoms with Crippen LogP contribution in [0.5, 0.6) is 0 Å². The Morgan fingerprint density at radius 1 is 0.667 bits per heavy atom. The molecule has 0 bridgehead atoms. The number of carbonyl (C=O) groups is 1. The number of ether oxygens (including phenoxy) is 1. The summed E-state index contributed by atoms with van der Waals surface area (Å²) in [5.41, 5.74) is 0. The summed E-state index contributed by atoms with van der Waals surface area (Å²) in [6.07, 6.45) is 28.0. The molecule has 176 valence electrons. The minimum absolute atomic E-state index is 0.0103. The monoisotopic (exact) mass is 484 g/mol.